The average Bonchev–Trinajstić information content (AvgIpc) is 2.33. The van der Waals surface area contributed by atoms with Crippen molar-refractivity contribution in [2.45, 2.75) is 5.51 Å². The molecule has 0 aromatic heterocycles. The monoisotopic (exact) mass is 295 g/mol. The van der Waals surface area contributed by atoms with Crippen LogP contribution in [0.15, 0.2) is 18.2 Å². The molecule has 0 unspecified atom stereocenters. The van der Waals surface area contributed by atoms with E-state index in [2.05, 4.69) is 0 Å². The SMILES string of the molecule is O=Cc1ccc([N+](=O)[O-])c(OCCSC(F)(F)F)c1. The quantitative estimate of drug-likeness (QED) is 0.349. The maximum Gasteiger partial charge on any atom is 0.441 e. The van der Waals surface area contributed by atoms with Crippen LogP contribution in [0.3, 0.4) is 0 Å². The summed E-state index contributed by atoms with van der Waals surface area (Å²) in [4.78, 5) is 20.5. The number of nitro groups is 1. The number of carbonyl (C=O) groups excluding carboxylic acids is 1. The van der Waals surface area contributed by atoms with E-state index in [0.717, 1.165) is 12.1 Å². The summed E-state index contributed by atoms with van der Waals surface area (Å²) in [5, 5.41) is 10.7. The minimum absolute atomic E-state index is 0.143. The molecule has 0 aliphatic rings. The molecule has 1 aromatic carbocycles. The number of nitrogens with zero attached hydrogens (tertiary/aromatic N) is 1. The van der Waals surface area contributed by atoms with Gasteiger partial charge in [-0.25, -0.2) is 0 Å². The van der Waals surface area contributed by atoms with Gasteiger partial charge in [0.25, 0.3) is 0 Å². The van der Waals surface area contributed by atoms with Gasteiger partial charge in [-0.05, 0) is 23.9 Å². The first kappa shape index (κ1) is 15.3. The number of nitro benzene ring substituents is 1. The van der Waals surface area contributed by atoms with Crippen molar-refractivity contribution >= 4 is 23.7 Å². The molecule has 9 heteroatoms. The third kappa shape index (κ3) is 5.16. The van der Waals surface area contributed by atoms with Crippen LogP contribution < -0.4 is 4.74 Å². The molecule has 0 radical (unpaired) electrons. The van der Waals surface area contributed by atoms with Crippen molar-refractivity contribution in [1.29, 1.82) is 0 Å². The van der Waals surface area contributed by atoms with E-state index in [0.29, 0.717) is 6.29 Å². The number of rotatable bonds is 6. The lowest BCUT2D eigenvalue weighted by atomic mass is 10.2. The standard InChI is InChI=1S/C10H8F3NO4S/c11-10(12,13)19-4-3-18-9-5-7(6-15)1-2-8(9)14(16)17/h1-2,5-6H,3-4H2. The molecule has 0 amide bonds. The van der Waals surface area contributed by atoms with Crippen LogP contribution >= 0.6 is 11.8 Å². The van der Waals surface area contributed by atoms with Crippen molar-refractivity contribution in [3.63, 3.8) is 0 Å². The zero-order valence-electron chi connectivity index (χ0n) is 9.35. The van der Waals surface area contributed by atoms with E-state index < -0.39 is 21.9 Å². The summed E-state index contributed by atoms with van der Waals surface area (Å²) < 4.78 is 40.5. The van der Waals surface area contributed by atoms with Gasteiger partial charge in [0.05, 0.1) is 11.5 Å². The summed E-state index contributed by atoms with van der Waals surface area (Å²) in [7, 11) is 0. The van der Waals surface area contributed by atoms with Crippen LogP contribution in [0.25, 0.3) is 0 Å². The van der Waals surface area contributed by atoms with E-state index in [1.807, 2.05) is 0 Å². The Hall–Kier alpha value is -1.77. The van der Waals surface area contributed by atoms with Gasteiger partial charge in [0.1, 0.15) is 6.29 Å². The zero-order valence-corrected chi connectivity index (χ0v) is 10.2. The van der Waals surface area contributed by atoms with Crippen LogP contribution in [0.2, 0.25) is 0 Å². The first-order valence-corrected chi connectivity index (χ1v) is 5.89. The Morgan fingerprint density at radius 3 is 2.63 bits per heavy atom. The summed E-state index contributed by atoms with van der Waals surface area (Å²) in [5.74, 6) is -0.622. The second kappa shape index (κ2) is 6.41. The number of thioether (sulfide) groups is 1. The van der Waals surface area contributed by atoms with Gasteiger partial charge in [-0.1, -0.05) is 0 Å². The Kier molecular flexibility index (Phi) is 5.16. The predicted molar refractivity (Wildman–Crippen MR) is 62.5 cm³/mol. The van der Waals surface area contributed by atoms with Crippen molar-refractivity contribution in [2.75, 3.05) is 12.4 Å². The molecule has 0 saturated carbocycles. The van der Waals surface area contributed by atoms with Gasteiger partial charge in [0, 0.05) is 17.4 Å². The van der Waals surface area contributed by atoms with Crippen molar-refractivity contribution in [3.05, 3.63) is 33.9 Å². The number of hydrogen-bond acceptors (Lipinski definition) is 5. The maximum atomic E-state index is 11.9. The first-order valence-electron chi connectivity index (χ1n) is 4.90. The van der Waals surface area contributed by atoms with Gasteiger partial charge >= 0.3 is 11.2 Å². The second-order valence-corrected chi connectivity index (χ2v) is 4.40. The largest absolute Gasteiger partial charge is 0.486 e. The summed E-state index contributed by atoms with van der Waals surface area (Å²) in [5.41, 5.74) is -4.63. The van der Waals surface area contributed by atoms with Crippen LogP contribution in [-0.4, -0.2) is 29.1 Å². The lowest BCUT2D eigenvalue weighted by Gasteiger charge is -2.08. The van der Waals surface area contributed by atoms with Crippen molar-refractivity contribution < 1.29 is 27.6 Å². The van der Waals surface area contributed by atoms with Crippen LogP contribution in [-0.2, 0) is 0 Å². The molecule has 1 aromatic rings. The summed E-state index contributed by atoms with van der Waals surface area (Å²) in [6.45, 7) is -0.354. The van der Waals surface area contributed by atoms with Crippen molar-refractivity contribution in [1.82, 2.24) is 0 Å². The molecule has 0 atom stereocenters. The summed E-state index contributed by atoms with van der Waals surface area (Å²) >= 11 is -0.287. The zero-order chi connectivity index (χ0) is 14.5. The second-order valence-electron chi connectivity index (χ2n) is 3.24. The van der Waals surface area contributed by atoms with E-state index >= 15 is 0 Å². The maximum absolute atomic E-state index is 11.9. The molecular weight excluding hydrogens is 287 g/mol. The average molecular weight is 295 g/mol. The highest BCUT2D eigenvalue weighted by molar-refractivity contribution is 8.00. The number of carbonyl (C=O) groups is 1. The van der Waals surface area contributed by atoms with Crippen LogP contribution in [0.5, 0.6) is 5.75 Å². The van der Waals surface area contributed by atoms with Gasteiger partial charge in [-0.15, -0.1) is 0 Å². The molecule has 0 heterocycles. The highest BCUT2D eigenvalue weighted by Crippen LogP contribution is 2.31. The van der Waals surface area contributed by atoms with E-state index in [1.54, 1.807) is 0 Å². The number of hydrogen-bond donors (Lipinski definition) is 0. The number of benzene rings is 1. The molecular formula is C10H8F3NO4S. The molecule has 0 N–H and O–H groups in total. The molecule has 1 rings (SSSR count). The fourth-order valence-electron chi connectivity index (χ4n) is 1.18. The first-order chi connectivity index (χ1) is 8.83. The Balaban J connectivity index is 2.70. The lowest BCUT2D eigenvalue weighted by molar-refractivity contribution is -0.385. The fourth-order valence-corrected chi connectivity index (χ4v) is 1.58. The van der Waals surface area contributed by atoms with Gasteiger partial charge in [-0.2, -0.15) is 13.2 Å². The van der Waals surface area contributed by atoms with E-state index in [9.17, 15) is 28.1 Å². The van der Waals surface area contributed by atoms with E-state index in [-0.39, 0.29) is 29.7 Å². The highest BCUT2D eigenvalue weighted by atomic mass is 32.2. The molecule has 5 nitrogen and oxygen atoms in total. The van der Waals surface area contributed by atoms with E-state index in [4.69, 9.17) is 4.74 Å². The Labute approximate surface area is 109 Å². The summed E-state index contributed by atoms with van der Waals surface area (Å²) in [6.07, 6.45) is 0.459. The molecule has 0 fully saturated rings. The van der Waals surface area contributed by atoms with Crippen molar-refractivity contribution in [2.24, 2.45) is 0 Å². The highest BCUT2D eigenvalue weighted by Gasteiger charge is 2.27. The fraction of sp³-hybridized carbons (Fsp3) is 0.300. The third-order valence-corrected chi connectivity index (χ3v) is 2.62. The van der Waals surface area contributed by atoms with Gasteiger partial charge in [0.2, 0.25) is 0 Å². The van der Waals surface area contributed by atoms with Crippen LogP contribution in [0.4, 0.5) is 18.9 Å². The molecule has 0 aliphatic heterocycles. The Morgan fingerprint density at radius 2 is 2.11 bits per heavy atom. The van der Waals surface area contributed by atoms with Crippen LogP contribution in [0.1, 0.15) is 10.4 Å². The third-order valence-electron chi connectivity index (χ3n) is 1.92. The number of aldehydes is 1. The molecule has 19 heavy (non-hydrogen) atoms. The normalized spacial score (nSPS) is 11.1. The number of ether oxygens (including phenoxy) is 1. The van der Waals surface area contributed by atoms with Gasteiger partial charge in [-0.3, -0.25) is 14.9 Å². The molecule has 0 saturated heterocycles. The Morgan fingerprint density at radius 1 is 1.42 bits per heavy atom. The Bertz CT molecular complexity index is 478. The van der Waals surface area contributed by atoms with Gasteiger partial charge < -0.3 is 4.74 Å². The summed E-state index contributed by atoms with van der Waals surface area (Å²) in [6, 6.07) is 3.40. The smallest absolute Gasteiger partial charge is 0.441 e. The minimum Gasteiger partial charge on any atom is -0.486 e. The van der Waals surface area contributed by atoms with Crippen molar-refractivity contribution in [3.8, 4) is 5.75 Å². The van der Waals surface area contributed by atoms with Gasteiger partial charge in [0.15, 0.2) is 5.75 Å². The molecule has 0 bridgehead atoms. The lowest BCUT2D eigenvalue weighted by Crippen LogP contribution is -2.08. The molecule has 0 aliphatic carbocycles. The molecule has 0 spiro atoms. The molecule has 104 valence electrons. The topological polar surface area (TPSA) is 69.4 Å². The minimum atomic E-state index is -4.38. The van der Waals surface area contributed by atoms with Crippen LogP contribution in [0, 0.1) is 10.1 Å². The number of halogens is 3. The predicted octanol–water partition coefficient (Wildman–Crippen LogP) is 3.04. The number of alkyl halides is 3. The van der Waals surface area contributed by atoms with E-state index in [1.165, 1.54) is 6.07 Å².